The molecule has 2 aliphatic rings. The predicted molar refractivity (Wildman–Crippen MR) is 102 cm³/mol. The largest absolute Gasteiger partial charge is 0.394 e. The van der Waals surface area contributed by atoms with Crippen LogP contribution < -0.4 is 0 Å². The first-order chi connectivity index (χ1) is 13.6. The molecule has 3 heterocycles. The number of hydrogen-bond donors (Lipinski definition) is 3. The Morgan fingerprint density at radius 2 is 1.93 bits per heavy atom. The fourth-order valence-corrected chi connectivity index (χ4v) is 4.37. The number of aliphatic hydroxyl groups excluding tert-OH is 3. The van der Waals surface area contributed by atoms with Crippen LogP contribution in [0.5, 0.6) is 0 Å². The van der Waals surface area contributed by atoms with Crippen molar-refractivity contribution < 1.29 is 20.1 Å². The summed E-state index contributed by atoms with van der Waals surface area (Å²) in [7, 11) is 2.17. The van der Waals surface area contributed by atoms with Crippen LogP contribution in [0.4, 0.5) is 0 Å². The van der Waals surface area contributed by atoms with Gasteiger partial charge in [0.25, 0.3) is 0 Å². The molecule has 2 aromatic heterocycles. The van der Waals surface area contributed by atoms with Crippen molar-refractivity contribution in [2.45, 2.75) is 69.1 Å². The van der Waals surface area contributed by atoms with Gasteiger partial charge in [0, 0.05) is 19.0 Å². The van der Waals surface area contributed by atoms with Crippen molar-refractivity contribution in [1.29, 1.82) is 0 Å². The van der Waals surface area contributed by atoms with Gasteiger partial charge in [-0.25, -0.2) is 15.0 Å². The van der Waals surface area contributed by atoms with E-state index in [9.17, 15) is 15.3 Å². The number of likely N-dealkylation sites (N-methyl/N-ethyl adjacent to an activating group) is 1. The van der Waals surface area contributed by atoms with E-state index >= 15 is 0 Å². The fraction of sp³-hybridized carbons (Fsp3) is 0.737. The van der Waals surface area contributed by atoms with Crippen LogP contribution in [0, 0.1) is 0 Å². The average Bonchev–Trinajstić information content (AvgIpc) is 3.28. The van der Waals surface area contributed by atoms with Crippen LogP contribution in [0.1, 0.15) is 44.0 Å². The van der Waals surface area contributed by atoms with Crippen molar-refractivity contribution in [3.63, 3.8) is 0 Å². The molecule has 0 aromatic carbocycles. The summed E-state index contributed by atoms with van der Waals surface area (Å²) in [6.07, 6.45) is 6.30. The SMILES string of the molecule is CN(CCc1ncnc2c1ncn2[C@@H]1O[C@H](CO)[C@@H](O)[C@H]1O)C1CCCCC1. The van der Waals surface area contributed by atoms with E-state index in [0.717, 1.165) is 18.7 Å². The van der Waals surface area contributed by atoms with Gasteiger partial charge in [-0.3, -0.25) is 4.57 Å². The van der Waals surface area contributed by atoms with Gasteiger partial charge in [-0.05, 0) is 19.9 Å². The van der Waals surface area contributed by atoms with Gasteiger partial charge in [-0.1, -0.05) is 19.3 Å². The summed E-state index contributed by atoms with van der Waals surface area (Å²) in [5.74, 6) is 0. The zero-order valence-electron chi connectivity index (χ0n) is 16.2. The highest BCUT2D eigenvalue weighted by Crippen LogP contribution is 2.31. The second-order valence-corrected chi connectivity index (χ2v) is 7.90. The lowest BCUT2D eigenvalue weighted by Gasteiger charge is -2.31. The Bertz CT molecular complexity index is 794. The summed E-state index contributed by atoms with van der Waals surface area (Å²) in [5, 5.41) is 29.6. The minimum absolute atomic E-state index is 0.366. The fourth-order valence-electron chi connectivity index (χ4n) is 4.37. The van der Waals surface area contributed by atoms with Gasteiger partial charge in [0.15, 0.2) is 11.9 Å². The summed E-state index contributed by atoms with van der Waals surface area (Å²) < 4.78 is 7.22. The van der Waals surface area contributed by atoms with Crippen molar-refractivity contribution in [1.82, 2.24) is 24.4 Å². The summed E-state index contributed by atoms with van der Waals surface area (Å²) in [5.41, 5.74) is 2.09. The van der Waals surface area contributed by atoms with E-state index in [1.807, 2.05) is 0 Å². The Labute approximate surface area is 164 Å². The highest BCUT2D eigenvalue weighted by Gasteiger charge is 2.44. The Hall–Kier alpha value is -1.65. The average molecular weight is 391 g/mol. The van der Waals surface area contributed by atoms with Gasteiger partial charge in [0.2, 0.25) is 0 Å². The highest BCUT2D eigenvalue weighted by atomic mass is 16.6. The number of imidazole rings is 1. The maximum Gasteiger partial charge on any atom is 0.165 e. The van der Waals surface area contributed by atoms with Gasteiger partial charge >= 0.3 is 0 Å². The van der Waals surface area contributed by atoms with Crippen molar-refractivity contribution in [2.75, 3.05) is 20.2 Å². The second-order valence-electron chi connectivity index (χ2n) is 7.90. The molecule has 28 heavy (non-hydrogen) atoms. The number of ether oxygens (including phenoxy) is 1. The maximum atomic E-state index is 10.3. The van der Waals surface area contributed by atoms with Crippen molar-refractivity contribution in [2.24, 2.45) is 0 Å². The van der Waals surface area contributed by atoms with E-state index in [-0.39, 0.29) is 6.61 Å². The van der Waals surface area contributed by atoms with Gasteiger partial charge in [0.1, 0.15) is 30.2 Å². The van der Waals surface area contributed by atoms with E-state index in [1.54, 1.807) is 10.9 Å². The maximum absolute atomic E-state index is 10.3. The van der Waals surface area contributed by atoms with Gasteiger partial charge in [-0.15, -0.1) is 0 Å². The molecular weight excluding hydrogens is 362 g/mol. The molecule has 9 heteroatoms. The molecule has 0 bridgehead atoms. The quantitative estimate of drug-likeness (QED) is 0.641. The standard InChI is InChI=1S/C19H29N5O4/c1-23(12-5-3-2-4-6-12)8-7-13-15-18(21-10-20-13)24(11-22-15)19-17(27)16(26)14(9-25)28-19/h10-12,14,16-17,19,25-27H,2-9H2,1H3/t14-,16-,17-,19-/m1/s1. The van der Waals surface area contributed by atoms with Crippen LogP contribution >= 0.6 is 0 Å². The van der Waals surface area contributed by atoms with Gasteiger partial charge in [0.05, 0.1) is 18.6 Å². The molecular formula is C19H29N5O4. The van der Waals surface area contributed by atoms with E-state index in [1.165, 1.54) is 38.4 Å². The molecule has 1 aliphatic carbocycles. The Morgan fingerprint density at radius 1 is 1.14 bits per heavy atom. The zero-order chi connectivity index (χ0) is 19.7. The van der Waals surface area contributed by atoms with Crippen LogP contribution in [0.2, 0.25) is 0 Å². The first kappa shape index (κ1) is 19.7. The topological polar surface area (TPSA) is 117 Å². The number of fused-ring (bicyclic) bond motifs is 1. The van der Waals surface area contributed by atoms with Crippen LogP contribution in [0.15, 0.2) is 12.7 Å². The van der Waals surface area contributed by atoms with Crippen molar-refractivity contribution >= 4 is 11.2 Å². The third kappa shape index (κ3) is 3.65. The molecule has 1 saturated heterocycles. The smallest absolute Gasteiger partial charge is 0.165 e. The molecule has 0 spiro atoms. The lowest BCUT2D eigenvalue weighted by molar-refractivity contribution is -0.0511. The molecule has 2 fully saturated rings. The predicted octanol–water partition coefficient (Wildman–Crippen LogP) is 0.245. The molecule has 0 amide bonds. The zero-order valence-corrected chi connectivity index (χ0v) is 16.2. The third-order valence-corrected chi connectivity index (χ3v) is 6.13. The van der Waals surface area contributed by atoms with Crippen molar-refractivity contribution in [3.8, 4) is 0 Å². The molecule has 0 radical (unpaired) electrons. The first-order valence-electron chi connectivity index (χ1n) is 10.1. The first-order valence-corrected chi connectivity index (χ1v) is 10.1. The summed E-state index contributed by atoms with van der Waals surface area (Å²) in [6, 6.07) is 0.641. The number of rotatable bonds is 6. The number of nitrogens with zero attached hydrogens (tertiary/aromatic N) is 5. The minimum atomic E-state index is -1.16. The van der Waals surface area contributed by atoms with E-state index < -0.39 is 24.5 Å². The van der Waals surface area contributed by atoms with Gasteiger partial charge in [-0.2, -0.15) is 0 Å². The molecule has 1 saturated carbocycles. The molecule has 4 atom stereocenters. The normalized spacial score (nSPS) is 29.2. The van der Waals surface area contributed by atoms with Gasteiger partial charge < -0.3 is 25.0 Å². The molecule has 1 aliphatic heterocycles. The van der Waals surface area contributed by atoms with Crippen LogP contribution in [-0.2, 0) is 11.2 Å². The summed E-state index contributed by atoms with van der Waals surface area (Å²) >= 11 is 0. The monoisotopic (exact) mass is 391 g/mol. The molecule has 4 rings (SSSR count). The second kappa shape index (κ2) is 8.38. The molecule has 2 aromatic rings. The molecule has 0 unspecified atom stereocenters. The molecule has 154 valence electrons. The third-order valence-electron chi connectivity index (χ3n) is 6.13. The van der Waals surface area contributed by atoms with E-state index in [2.05, 4.69) is 26.9 Å². The van der Waals surface area contributed by atoms with E-state index in [4.69, 9.17) is 4.74 Å². The van der Waals surface area contributed by atoms with Crippen LogP contribution in [0.3, 0.4) is 0 Å². The Morgan fingerprint density at radius 3 is 2.64 bits per heavy atom. The Kier molecular flexibility index (Phi) is 5.88. The number of hydrogen-bond acceptors (Lipinski definition) is 8. The van der Waals surface area contributed by atoms with Crippen LogP contribution in [-0.4, -0.2) is 84.3 Å². The van der Waals surface area contributed by atoms with Crippen molar-refractivity contribution in [3.05, 3.63) is 18.3 Å². The molecule has 3 N–H and O–H groups in total. The minimum Gasteiger partial charge on any atom is -0.394 e. The number of aliphatic hydroxyl groups is 3. The summed E-state index contributed by atoms with van der Waals surface area (Å²) in [6.45, 7) is 0.534. The lowest BCUT2D eigenvalue weighted by Crippen LogP contribution is -2.35. The van der Waals surface area contributed by atoms with E-state index in [0.29, 0.717) is 17.2 Å². The lowest BCUT2D eigenvalue weighted by atomic mass is 9.94. The Balaban J connectivity index is 1.51. The van der Waals surface area contributed by atoms with Crippen LogP contribution in [0.25, 0.3) is 11.2 Å². The summed E-state index contributed by atoms with van der Waals surface area (Å²) in [4.78, 5) is 15.6. The highest BCUT2D eigenvalue weighted by molar-refractivity contribution is 5.73. The number of aromatic nitrogens is 4. The molecule has 9 nitrogen and oxygen atoms in total.